The van der Waals surface area contributed by atoms with Gasteiger partial charge in [-0.3, -0.25) is 19.3 Å². The van der Waals surface area contributed by atoms with E-state index in [0.29, 0.717) is 19.4 Å². The highest BCUT2D eigenvalue weighted by molar-refractivity contribution is 8.00. The number of nitrogens with one attached hydrogen (secondary N) is 2. The number of hydrogen-bond donors (Lipinski definition) is 3. The summed E-state index contributed by atoms with van der Waals surface area (Å²) in [5, 5.41) is 7.97. The molecule has 8 nitrogen and oxygen atoms in total. The van der Waals surface area contributed by atoms with Crippen LogP contribution in [0.25, 0.3) is 1.43 Å². The van der Waals surface area contributed by atoms with E-state index >= 15 is 0 Å². The molecule has 9 heteroatoms. The summed E-state index contributed by atoms with van der Waals surface area (Å²) in [4.78, 5) is 46.9. The third-order valence-electron chi connectivity index (χ3n) is 3.29. The minimum Gasteiger partial charge on any atom is -0.465 e. The van der Waals surface area contributed by atoms with Crippen molar-refractivity contribution in [3.05, 3.63) is 0 Å². The van der Waals surface area contributed by atoms with Crippen molar-refractivity contribution in [2.45, 2.75) is 37.4 Å². The van der Waals surface area contributed by atoms with Crippen LogP contribution in [0.1, 0.15) is 32.1 Å². The van der Waals surface area contributed by atoms with Crippen molar-refractivity contribution < 1.29 is 24.3 Å². The van der Waals surface area contributed by atoms with Gasteiger partial charge in [-0.2, -0.15) is 11.8 Å². The number of thioether (sulfide) groups is 1. The van der Waals surface area contributed by atoms with Crippen molar-refractivity contribution in [2.75, 3.05) is 19.5 Å². The lowest BCUT2D eigenvalue weighted by molar-refractivity contribution is -0.138. The second kappa shape index (κ2) is 9.29. The summed E-state index contributed by atoms with van der Waals surface area (Å²) >= 11 is 1.39. The van der Waals surface area contributed by atoms with Gasteiger partial charge in [-0.25, -0.2) is 4.79 Å². The number of unbranched alkanes of at least 4 members (excludes halogenated alkanes) is 2. The number of carbonyl (C=O) groups excluding carboxylic acids is 3. The van der Waals surface area contributed by atoms with Crippen LogP contribution < -0.4 is 10.6 Å². The van der Waals surface area contributed by atoms with Crippen LogP contribution in [0.2, 0.25) is 0 Å². The monoisotopic (exact) mass is 332 g/mol. The number of nitrogens with zero attached hydrogens (tertiary/aromatic N) is 1. The van der Waals surface area contributed by atoms with Crippen LogP contribution in [0, 0.1) is 0 Å². The highest BCUT2D eigenvalue weighted by atomic mass is 32.2. The fraction of sp³-hybridized carbons (Fsp3) is 0.692. The van der Waals surface area contributed by atoms with Crippen molar-refractivity contribution in [3.63, 3.8) is 0 Å². The zero-order valence-electron chi connectivity index (χ0n) is 13.4. The molecular formula is C13H21N3O5S. The third-order valence-corrected chi connectivity index (χ3v) is 4.23. The van der Waals surface area contributed by atoms with Crippen LogP contribution in [-0.4, -0.2) is 58.5 Å². The number of rotatable bonds is 9. The van der Waals surface area contributed by atoms with E-state index in [2.05, 4.69) is 15.7 Å². The first-order chi connectivity index (χ1) is 11.0. The molecule has 0 aliphatic carbocycles. The molecule has 0 aromatic carbocycles. The van der Waals surface area contributed by atoms with Gasteiger partial charge in [0.25, 0.3) is 1.43 Å². The molecule has 1 aliphatic rings. The highest BCUT2D eigenvalue weighted by Gasteiger charge is 2.37. The Hall–Kier alpha value is -1.77. The summed E-state index contributed by atoms with van der Waals surface area (Å²) < 4.78 is 6.30. The topological polar surface area (TPSA) is 116 Å². The number of hydrogen-bond acceptors (Lipinski definition) is 6. The zero-order chi connectivity index (χ0) is 17.2. The minimum absolute atomic E-state index is 0.0938. The van der Waals surface area contributed by atoms with Gasteiger partial charge in [-0.15, -0.1) is 0 Å². The van der Waals surface area contributed by atoms with Gasteiger partial charge in [0.2, 0.25) is 17.7 Å². The Morgan fingerprint density at radius 2 is 2.14 bits per heavy atom. The van der Waals surface area contributed by atoms with E-state index in [1.54, 1.807) is 0 Å². The lowest BCUT2D eigenvalue weighted by Gasteiger charge is -2.14. The second-order valence-corrected chi connectivity index (χ2v) is 5.90. The Labute approximate surface area is 134 Å². The fourth-order valence-corrected chi connectivity index (χ4v) is 2.75. The number of carboxylic acid groups (broad SMARTS) is 1. The SMILES string of the molecule is [2H]OC(=O)NCNC(=O)CCCCCN1C(=O)CC(SC)C1=O. The van der Waals surface area contributed by atoms with Crippen LogP contribution in [-0.2, 0) is 14.4 Å². The van der Waals surface area contributed by atoms with Crippen molar-refractivity contribution in [2.24, 2.45) is 0 Å². The molecule has 1 unspecified atom stereocenters. The molecule has 1 rings (SSSR count). The van der Waals surface area contributed by atoms with Gasteiger partial charge < -0.3 is 15.7 Å². The molecule has 1 saturated heterocycles. The number of carbonyl (C=O) groups is 4. The lowest BCUT2D eigenvalue weighted by Crippen LogP contribution is -2.36. The molecule has 0 saturated carbocycles. The van der Waals surface area contributed by atoms with Crippen molar-refractivity contribution in [3.8, 4) is 0 Å². The molecule has 0 radical (unpaired) electrons. The quantitative estimate of drug-likeness (QED) is 0.319. The second-order valence-electron chi connectivity index (χ2n) is 4.86. The molecule has 1 fully saturated rings. The maximum Gasteiger partial charge on any atom is 0.406 e. The molecule has 22 heavy (non-hydrogen) atoms. The largest absolute Gasteiger partial charge is 0.465 e. The standard InChI is InChI=1S/C13H21N3O5S/c1-22-9-7-11(18)16(12(9)19)6-4-2-3-5-10(17)14-8-15-13(20)21/h9,15H,2-8H2,1H3,(H,14,17)(H,20,21)/i/hD. The van der Waals surface area contributed by atoms with E-state index in [9.17, 15) is 19.2 Å². The summed E-state index contributed by atoms with van der Waals surface area (Å²) in [7, 11) is 0. The number of amides is 4. The third kappa shape index (κ3) is 5.92. The molecule has 1 atom stereocenters. The van der Waals surface area contributed by atoms with E-state index < -0.39 is 6.09 Å². The van der Waals surface area contributed by atoms with E-state index in [0.717, 1.165) is 6.42 Å². The number of likely N-dealkylation sites (tertiary alicyclic amines) is 1. The Morgan fingerprint density at radius 1 is 1.36 bits per heavy atom. The lowest BCUT2D eigenvalue weighted by atomic mass is 10.2. The fourth-order valence-electron chi connectivity index (χ4n) is 2.11. The first-order valence-corrected chi connectivity index (χ1v) is 8.33. The summed E-state index contributed by atoms with van der Waals surface area (Å²) in [6.45, 7) is 0.302. The van der Waals surface area contributed by atoms with Crippen LogP contribution in [0.3, 0.4) is 0 Å². The zero-order valence-corrected chi connectivity index (χ0v) is 13.2. The van der Waals surface area contributed by atoms with Gasteiger partial charge in [0, 0.05) is 19.4 Å². The minimum atomic E-state index is -0.936. The van der Waals surface area contributed by atoms with E-state index in [1.807, 2.05) is 6.26 Å². The van der Waals surface area contributed by atoms with E-state index in [1.165, 1.54) is 16.7 Å². The Bertz CT molecular complexity index is 463. The predicted molar refractivity (Wildman–Crippen MR) is 81.3 cm³/mol. The molecule has 0 spiro atoms. The highest BCUT2D eigenvalue weighted by Crippen LogP contribution is 2.23. The van der Waals surface area contributed by atoms with Gasteiger partial charge >= 0.3 is 6.09 Å². The maximum absolute atomic E-state index is 11.9. The molecule has 0 aromatic heterocycles. The molecule has 4 amide bonds. The smallest absolute Gasteiger partial charge is 0.406 e. The first kappa shape index (κ1) is 16.6. The Balaban J connectivity index is 2.09. The number of imide groups is 1. The van der Waals surface area contributed by atoms with Crippen molar-refractivity contribution in [1.29, 1.82) is 1.43 Å². The van der Waals surface area contributed by atoms with E-state index in [4.69, 9.17) is 1.43 Å². The molecule has 1 aliphatic heterocycles. The average Bonchev–Trinajstić information content (AvgIpc) is 2.81. The predicted octanol–water partition coefficient (Wildman–Crippen LogP) is 0.379. The summed E-state index contributed by atoms with van der Waals surface area (Å²) in [6, 6.07) is 0. The summed E-state index contributed by atoms with van der Waals surface area (Å²) in [5.41, 5.74) is 0. The average molecular weight is 332 g/mol. The van der Waals surface area contributed by atoms with Gasteiger partial charge in [0.1, 0.15) is 0 Å². The molecule has 124 valence electrons. The first-order valence-electron chi connectivity index (χ1n) is 7.45. The van der Waals surface area contributed by atoms with Crippen LogP contribution in [0.4, 0.5) is 4.79 Å². The molecular weight excluding hydrogens is 310 g/mol. The summed E-state index contributed by atoms with van der Waals surface area (Å²) in [6.07, 6.45) is 3.44. The normalized spacial score (nSPS) is 18.1. The molecule has 0 aromatic rings. The van der Waals surface area contributed by atoms with Crippen molar-refractivity contribution in [1.82, 2.24) is 15.5 Å². The Kier molecular flexibility index (Phi) is 7.01. The van der Waals surface area contributed by atoms with Gasteiger partial charge in [0.15, 0.2) is 0 Å². The maximum atomic E-state index is 11.9. The summed E-state index contributed by atoms with van der Waals surface area (Å²) in [5.74, 6) is -0.474. The van der Waals surface area contributed by atoms with E-state index in [-0.39, 0.29) is 42.5 Å². The van der Waals surface area contributed by atoms with Gasteiger partial charge in [-0.05, 0) is 19.1 Å². The van der Waals surface area contributed by atoms with Crippen LogP contribution in [0.15, 0.2) is 0 Å². The molecule has 3 N–H and O–H groups in total. The Morgan fingerprint density at radius 3 is 2.77 bits per heavy atom. The molecule has 0 bridgehead atoms. The van der Waals surface area contributed by atoms with Gasteiger partial charge in [-0.1, -0.05) is 6.42 Å². The van der Waals surface area contributed by atoms with Gasteiger partial charge in [0.05, 0.1) is 11.9 Å². The van der Waals surface area contributed by atoms with Crippen LogP contribution in [0.5, 0.6) is 0 Å². The molecule has 1 heterocycles. The van der Waals surface area contributed by atoms with Crippen molar-refractivity contribution >= 4 is 35.6 Å². The van der Waals surface area contributed by atoms with Crippen LogP contribution >= 0.6 is 11.8 Å².